The van der Waals surface area contributed by atoms with E-state index in [1.807, 2.05) is 18.3 Å². The third kappa shape index (κ3) is 2.03. The molecule has 0 aliphatic carbocycles. The Hall–Kier alpha value is -1.13. The number of aliphatic hydroxyl groups is 1. The Bertz CT molecular complexity index is 531. The van der Waals surface area contributed by atoms with E-state index < -0.39 is 0 Å². The standard InChI is InChI=1S/C12H13BrN2O/c1-8-6-11-10(7-14-15-11)12(13)9(8)4-2-3-5-16/h2,4,6-7,16H,3,5H2,1H3,(H,14,15)/b4-2-. The monoisotopic (exact) mass is 280 g/mol. The average Bonchev–Trinajstić information content (AvgIpc) is 2.71. The first-order valence-corrected chi connectivity index (χ1v) is 5.93. The smallest absolute Gasteiger partial charge is 0.0664 e. The van der Waals surface area contributed by atoms with Crippen molar-refractivity contribution in [3.05, 3.63) is 33.9 Å². The van der Waals surface area contributed by atoms with Crippen molar-refractivity contribution in [3.63, 3.8) is 0 Å². The summed E-state index contributed by atoms with van der Waals surface area (Å²) in [6, 6.07) is 2.08. The van der Waals surface area contributed by atoms with E-state index in [9.17, 15) is 0 Å². The zero-order valence-corrected chi connectivity index (χ0v) is 10.6. The van der Waals surface area contributed by atoms with Crippen molar-refractivity contribution in [1.82, 2.24) is 10.2 Å². The van der Waals surface area contributed by atoms with Crippen molar-refractivity contribution in [2.24, 2.45) is 0 Å². The normalized spacial score (nSPS) is 11.7. The molecule has 2 aromatic rings. The van der Waals surface area contributed by atoms with Gasteiger partial charge in [-0.05, 0) is 46.5 Å². The second-order valence-electron chi connectivity index (χ2n) is 3.67. The quantitative estimate of drug-likeness (QED) is 0.908. The SMILES string of the molecule is Cc1cc2[nH]ncc2c(Br)c1/C=C\CCO. The molecule has 0 spiro atoms. The van der Waals surface area contributed by atoms with Gasteiger partial charge in [0.2, 0.25) is 0 Å². The van der Waals surface area contributed by atoms with Gasteiger partial charge in [-0.15, -0.1) is 0 Å². The van der Waals surface area contributed by atoms with Crippen LogP contribution in [0.5, 0.6) is 0 Å². The predicted molar refractivity (Wildman–Crippen MR) is 69.3 cm³/mol. The van der Waals surface area contributed by atoms with Crippen molar-refractivity contribution < 1.29 is 5.11 Å². The number of rotatable bonds is 3. The second kappa shape index (κ2) is 4.80. The van der Waals surface area contributed by atoms with Gasteiger partial charge in [0.1, 0.15) is 0 Å². The van der Waals surface area contributed by atoms with Crippen LogP contribution in [0, 0.1) is 6.92 Å². The van der Waals surface area contributed by atoms with Crippen LogP contribution in [0.3, 0.4) is 0 Å². The number of benzene rings is 1. The van der Waals surface area contributed by atoms with Crippen LogP contribution in [-0.2, 0) is 0 Å². The molecule has 0 atom stereocenters. The van der Waals surface area contributed by atoms with Crippen molar-refractivity contribution >= 4 is 32.9 Å². The van der Waals surface area contributed by atoms with Crippen LogP contribution in [0.2, 0.25) is 0 Å². The van der Waals surface area contributed by atoms with E-state index in [1.165, 1.54) is 5.56 Å². The number of H-pyrrole nitrogens is 1. The third-order valence-corrected chi connectivity index (χ3v) is 3.36. The Kier molecular flexibility index (Phi) is 3.41. The van der Waals surface area contributed by atoms with Gasteiger partial charge in [0, 0.05) is 16.5 Å². The summed E-state index contributed by atoms with van der Waals surface area (Å²) in [5, 5.41) is 16.8. The van der Waals surface area contributed by atoms with Crippen molar-refractivity contribution in [3.8, 4) is 0 Å². The highest BCUT2D eigenvalue weighted by Gasteiger charge is 2.07. The molecule has 1 aromatic heterocycles. The average molecular weight is 281 g/mol. The molecule has 2 N–H and O–H groups in total. The van der Waals surface area contributed by atoms with E-state index in [-0.39, 0.29) is 6.61 Å². The van der Waals surface area contributed by atoms with Crippen LogP contribution in [0.25, 0.3) is 17.0 Å². The van der Waals surface area contributed by atoms with E-state index in [4.69, 9.17) is 5.11 Å². The molecule has 0 radical (unpaired) electrons. The van der Waals surface area contributed by atoms with E-state index >= 15 is 0 Å². The Morgan fingerprint density at radius 2 is 2.38 bits per heavy atom. The molecular formula is C12H13BrN2O. The minimum absolute atomic E-state index is 0.182. The lowest BCUT2D eigenvalue weighted by atomic mass is 10.1. The third-order valence-electron chi connectivity index (χ3n) is 2.51. The minimum Gasteiger partial charge on any atom is -0.396 e. The van der Waals surface area contributed by atoms with Gasteiger partial charge in [0.25, 0.3) is 0 Å². The molecular weight excluding hydrogens is 268 g/mol. The van der Waals surface area contributed by atoms with Gasteiger partial charge in [-0.2, -0.15) is 5.10 Å². The number of fused-ring (bicyclic) bond motifs is 1. The Labute approximate surface area is 102 Å². The summed E-state index contributed by atoms with van der Waals surface area (Å²) in [4.78, 5) is 0. The van der Waals surface area contributed by atoms with E-state index in [2.05, 4.69) is 39.1 Å². The molecule has 0 amide bonds. The van der Waals surface area contributed by atoms with Gasteiger partial charge in [-0.3, -0.25) is 5.10 Å². The van der Waals surface area contributed by atoms with Crippen LogP contribution in [0.1, 0.15) is 17.5 Å². The number of aromatic amines is 1. The summed E-state index contributed by atoms with van der Waals surface area (Å²) in [6.45, 7) is 2.24. The lowest BCUT2D eigenvalue weighted by Crippen LogP contribution is -1.85. The Balaban J connectivity index is 2.51. The molecule has 0 bridgehead atoms. The predicted octanol–water partition coefficient (Wildman–Crippen LogP) is 3.03. The van der Waals surface area contributed by atoms with Crippen molar-refractivity contribution in [1.29, 1.82) is 0 Å². The number of aliphatic hydroxyl groups excluding tert-OH is 1. The molecule has 3 nitrogen and oxygen atoms in total. The maximum Gasteiger partial charge on any atom is 0.0664 e. The number of nitrogens with one attached hydrogen (secondary N) is 1. The van der Waals surface area contributed by atoms with Crippen molar-refractivity contribution in [2.75, 3.05) is 6.61 Å². The Morgan fingerprint density at radius 3 is 3.12 bits per heavy atom. The van der Waals surface area contributed by atoms with E-state index in [0.29, 0.717) is 6.42 Å². The lowest BCUT2D eigenvalue weighted by molar-refractivity contribution is 0.303. The van der Waals surface area contributed by atoms with Crippen LogP contribution in [-0.4, -0.2) is 21.9 Å². The maximum atomic E-state index is 8.74. The van der Waals surface area contributed by atoms with Gasteiger partial charge in [-0.1, -0.05) is 12.2 Å². The fourth-order valence-corrected chi connectivity index (χ4v) is 2.43. The molecule has 84 valence electrons. The molecule has 1 aromatic carbocycles. The number of halogens is 1. The summed E-state index contributed by atoms with van der Waals surface area (Å²) in [5.41, 5.74) is 3.35. The summed E-state index contributed by atoms with van der Waals surface area (Å²) < 4.78 is 1.05. The lowest BCUT2D eigenvalue weighted by Gasteiger charge is -2.05. The molecule has 0 aliphatic heterocycles. The van der Waals surface area contributed by atoms with Crippen molar-refractivity contribution in [2.45, 2.75) is 13.3 Å². The van der Waals surface area contributed by atoms with E-state index in [1.54, 1.807) is 0 Å². The molecule has 0 fully saturated rings. The highest BCUT2D eigenvalue weighted by molar-refractivity contribution is 9.10. The molecule has 2 rings (SSSR count). The molecule has 4 heteroatoms. The largest absolute Gasteiger partial charge is 0.396 e. The molecule has 0 saturated carbocycles. The van der Waals surface area contributed by atoms with Gasteiger partial charge in [0.15, 0.2) is 0 Å². The number of aromatic nitrogens is 2. The fourth-order valence-electron chi connectivity index (χ4n) is 1.67. The van der Waals surface area contributed by atoms with E-state index in [0.717, 1.165) is 20.9 Å². The van der Waals surface area contributed by atoms with Crippen LogP contribution >= 0.6 is 15.9 Å². The van der Waals surface area contributed by atoms with Crippen LogP contribution < -0.4 is 0 Å². The molecule has 16 heavy (non-hydrogen) atoms. The van der Waals surface area contributed by atoms with Gasteiger partial charge < -0.3 is 5.11 Å². The highest BCUT2D eigenvalue weighted by Crippen LogP contribution is 2.30. The molecule has 0 saturated heterocycles. The highest BCUT2D eigenvalue weighted by atomic mass is 79.9. The summed E-state index contributed by atoms with van der Waals surface area (Å²) in [7, 11) is 0. The topological polar surface area (TPSA) is 48.9 Å². The van der Waals surface area contributed by atoms with Gasteiger partial charge in [0.05, 0.1) is 11.7 Å². The molecule has 1 heterocycles. The second-order valence-corrected chi connectivity index (χ2v) is 4.46. The fraction of sp³-hybridized carbons (Fsp3) is 0.250. The molecule has 0 unspecified atom stereocenters. The first kappa shape index (κ1) is 11.4. The summed E-state index contributed by atoms with van der Waals surface area (Å²) in [5.74, 6) is 0. The first-order valence-electron chi connectivity index (χ1n) is 5.13. The number of aryl methyl sites for hydroxylation is 1. The summed E-state index contributed by atoms with van der Waals surface area (Å²) in [6.07, 6.45) is 6.48. The minimum atomic E-state index is 0.182. The molecule has 0 aliphatic rings. The maximum absolute atomic E-state index is 8.74. The Morgan fingerprint density at radius 1 is 1.56 bits per heavy atom. The van der Waals surface area contributed by atoms with Gasteiger partial charge in [-0.25, -0.2) is 0 Å². The number of hydrogen-bond donors (Lipinski definition) is 2. The zero-order valence-electron chi connectivity index (χ0n) is 9.00. The van der Waals surface area contributed by atoms with Crippen LogP contribution in [0.15, 0.2) is 22.8 Å². The summed E-state index contributed by atoms with van der Waals surface area (Å²) >= 11 is 3.59. The van der Waals surface area contributed by atoms with Crippen LogP contribution in [0.4, 0.5) is 0 Å². The van der Waals surface area contributed by atoms with Gasteiger partial charge >= 0.3 is 0 Å². The number of nitrogens with zero attached hydrogens (tertiary/aromatic N) is 1. The number of hydrogen-bond acceptors (Lipinski definition) is 2. The first-order chi connectivity index (χ1) is 7.74. The zero-order chi connectivity index (χ0) is 11.5.